The van der Waals surface area contributed by atoms with E-state index in [1.807, 2.05) is 19.9 Å². The maximum atomic E-state index is 11.5. The third-order valence-corrected chi connectivity index (χ3v) is 2.77. The lowest BCUT2D eigenvalue weighted by atomic mass is 10.2. The van der Waals surface area contributed by atoms with E-state index in [4.69, 9.17) is 4.74 Å². The summed E-state index contributed by atoms with van der Waals surface area (Å²) in [7, 11) is 0. The third-order valence-electron chi connectivity index (χ3n) is 2.77. The maximum Gasteiger partial charge on any atom is 0.331 e. The largest absolute Gasteiger partial charge is 0.452 e. The number of rotatable bonds is 7. The van der Waals surface area contributed by atoms with Crippen molar-refractivity contribution in [1.82, 2.24) is 10.3 Å². The molecule has 0 saturated carbocycles. The summed E-state index contributed by atoms with van der Waals surface area (Å²) in [5, 5.41) is 2.79. The van der Waals surface area contributed by atoms with Crippen LogP contribution in [0.25, 0.3) is 6.08 Å². The quantitative estimate of drug-likeness (QED) is 0.610. The first-order valence-corrected chi connectivity index (χ1v) is 6.71. The lowest BCUT2D eigenvalue weighted by Gasteiger charge is -2.14. The van der Waals surface area contributed by atoms with Gasteiger partial charge in [-0.2, -0.15) is 0 Å². The summed E-state index contributed by atoms with van der Waals surface area (Å²) in [5.41, 5.74) is 0.658. The fourth-order valence-corrected chi connectivity index (χ4v) is 1.57. The maximum absolute atomic E-state index is 11.5. The molecule has 1 amide bonds. The zero-order chi connectivity index (χ0) is 14.8. The number of amides is 1. The van der Waals surface area contributed by atoms with Gasteiger partial charge in [-0.15, -0.1) is 0 Å². The Morgan fingerprint density at radius 3 is 2.70 bits per heavy atom. The van der Waals surface area contributed by atoms with Crippen LogP contribution in [0.4, 0.5) is 0 Å². The predicted octanol–water partition coefficient (Wildman–Crippen LogP) is 1.94. The van der Waals surface area contributed by atoms with E-state index in [0.29, 0.717) is 5.69 Å². The molecular weight excluding hydrogens is 256 g/mol. The summed E-state index contributed by atoms with van der Waals surface area (Å²) >= 11 is 0. The fourth-order valence-electron chi connectivity index (χ4n) is 1.57. The van der Waals surface area contributed by atoms with Gasteiger partial charge in [0.15, 0.2) is 6.61 Å². The molecule has 1 rings (SSSR count). The van der Waals surface area contributed by atoms with E-state index in [-0.39, 0.29) is 18.6 Å². The molecule has 1 N–H and O–H groups in total. The van der Waals surface area contributed by atoms with Gasteiger partial charge in [0.1, 0.15) is 0 Å². The van der Waals surface area contributed by atoms with E-state index >= 15 is 0 Å². The summed E-state index contributed by atoms with van der Waals surface area (Å²) in [5.74, 6) is -0.839. The SMILES string of the molecule is CCC(CC)NC(=O)COC(=O)/C=C/c1ccccn1. The van der Waals surface area contributed by atoms with E-state index < -0.39 is 5.97 Å². The van der Waals surface area contributed by atoms with Crippen LogP contribution in [0.15, 0.2) is 30.5 Å². The molecule has 20 heavy (non-hydrogen) atoms. The summed E-state index contributed by atoms with van der Waals surface area (Å²) in [6, 6.07) is 5.51. The zero-order valence-electron chi connectivity index (χ0n) is 11.8. The molecule has 1 aromatic heterocycles. The third kappa shape index (κ3) is 6.13. The molecule has 1 heterocycles. The first-order chi connectivity index (χ1) is 9.65. The smallest absolute Gasteiger partial charge is 0.331 e. The highest BCUT2D eigenvalue weighted by Crippen LogP contribution is 1.98. The van der Waals surface area contributed by atoms with Crippen molar-refractivity contribution < 1.29 is 14.3 Å². The van der Waals surface area contributed by atoms with Gasteiger partial charge in [-0.25, -0.2) is 4.79 Å². The lowest BCUT2D eigenvalue weighted by molar-refractivity contribution is -0.144. The van der Waals surface area contributed by atoms with Crippen LogP contribution in [-0.4, -0.2) is 29.5 Å². The molecule has 0 unspecified atom stereocenters. The van der Waals surface area contributed by atoms with E-state index in [0.717, 1.165) is 12.8 Å². The van der Waals surface area contributed by atoms with E-state index in [9.17, 15) is 9.59 Å². The molecule has 0 saturated heterocycles. The van der Waals surface area contributed by atoms with Crippen molar-refractivity contribution in [2.75, 3.05) is 6.61 Å². The van der Waals surface area contributed by atoms with Crippen molar-refractivity contribution in [3.8, 4) is 0 Å². The highest BCUT2D eigenvalue weighted by molar-refractivity contribution is 5.89. The number of carbonyl (C=O) groups excluding carboxylic acids is 2. The number of carbonyl (C=O) groups is 2. The summed E-state index contributed by atoms with van der Waals surface area (Å²) in [6.45, 7) is 3.73. The van der Waals surface area contributed by atoms with Gasteiger partial charge in [-0.3, -0.25) is 9.78 Å². The average molecular weight is 276 g/mol. The number of nitrogens with zero attached hydrogens (tertiary/aromatic N) is 1. The Bertz CT molecular complexity index is 453. The zero-order valence-corrected chi connectivity index (χ0v) is 11.8. The first-order valence-electron chi connectivity index (χ1n) is 6.71. The number of nitrogens with one attached hydrogen (secondary N) is 1. The van der Waals surface area contributed by atoms with Gasteiger partial charge in [0, 0.05) is 18.3 Å². The molecule has 0 aromatic carbocycles. The van der Waals surface area contributed by atoms with Crippen LogP contribution in [0, 0.1) is 0 Å². The number of hydrogen-bond acceptors (Lipinski definition) is 4. The minimum absolute atomic E-state index is 0.130. The lowest BCUT2D eigenvalue weighted by Crippen LogP contribution is -2.36. The highest BCUT2D eigenvalue weighted by Gasteiger charge is 2.09. The van der Waals surface area contributed by atoms with Crippen LogP contribution in [0.1, 0.15) is 32.4 Å². The molecule has 5 heteroatoms. The number of hydrogen-bond donors (Lipinski definition) is 1. The molecule has 108 valence electrons. The van der Waals surface area contributed by atoms with Gasteiger partial charge in [0.2, 0.25) is 0 Å². The van der Waals surface area contributed by atoms with E-state index in [1.54, 1.807) is 24.4 Å². The minimum atomic E-state index is -0.560. The van der Waals surface area contributed by atoms with Gasteiger partial charge in [-0.05, 0) is 31.1 Å². The van der Waals surface area contributed by atoms with Crippen LogP contribution in [-0.2, 0) is 14.3 Å². The number of pyridine rings is 1. The molecule has 1 aromatic rings. The summed E-state index contributed by atoms with van der Waals surface area (Å²) < 4.78 is 4.85. The first kappa shape index (κ1) is 15.9. The number of esters is 1. The Kier molecular flexibility index (Phi) is 7.03. The molecule has 0 aliphatic heterocycles. The molecular formula is C15H20N2O3. The Hall–Kier alpha value is -2.17. The Morgan fingerprint density at radius 1 is 1.35 bits per heavy atom. The number of ether oxygens (including phenoxy) is 1. The summed E-state index contributed by atoms with van der Waals surface area (Å²) in [4.78, 5) is 27.0. The van der Waals surface area contributed by atoms with Gasteiger partial charge in [-0.1, -0.05) is 19.9 Å². The fraction of sp³-hybridized carbons (Fsp3) is 0.400. The molecule has 0 atom stereocenters. The molecule has 0 bridgehead atoms. The van der Waals surface area contributed by atoms with E-state index in [1.165, 1.54) is 6.08 Å². The topological polar surface area (TPSA) is 68.3 Å². The molecule has 0 spiro atoms. The Morgan fingerprint density at radius 2 is 2.10 bits per heavy atom. The van der Waals surface area contributed by atoms with Crippen LogP contribution in [0.5, 0.6) is 0 Å². The van der Waals surface area contributed by atoms with Crippen molar-refractivity contribution in [2.24, 2.45) is 0 Å². The van der Waals surface area contributed by atoms with Crippen LogP contribution < -0.4 is 5.32 Å². The van der Waals surface area contributed by atoms with Gasteiger partial charge >= 0.3 is 5.97 Å². The molecule has 0 radical (unpaired) electrons. The normalized spacial score (nSPS) is 10.8. The predicted molar refractivity (Wildman–Crippen MR) is 76.7 cm³/mol. The van der Waals surface area contributed by atoms with E-state index in [2.05, 4.69) is 10.3 Å². The second kappa shape index (κ2) is 8.85. The minimum Gasteiger partial charge on any atom is -0.452 e. The van der Waals surface area contributed by atoms with Crippen LogP contribution in [0.2, 0.25) is 0 Å². The van der Waals surface area contributed by atoms with Crippen molar-refractivity contribution in [1.29, 1.82) is 0 Å². The van der Waals surface area contributed by atoms with Crippen LogP contribution >= 0.6 is 0 Å². The molecule has 0 aliphatic carbocycles. The highest BCUT2D eigenvalue weighted by atomic mass is 16.5. The standard InChI is InChI=1S/C15H20N2O3/c1-3-12(4-2)17-14(18)11-20-15(19)9-8-13-7-5-6-10-16-13/h5-10,12H,3-4,11H2,1-2H3,(H,17,18)/b9-8+. The van der Waals surface area contributed by atoms with Gasteiger partial charge in [0.25, 0.3) is 5.91 Å². The molecule has 0 fully saturated rings. The molecule has 0 aliphatic rings. The van der Waals surface area contributed by atoms with Crippen molar-refractivity contribution in [3.63, 3.8) is 0 Å². The van der Waals surface area contributed by atoms with Crippen molar-refractivity contribution in [3.05, 3.63) is 36.2 Å². The average Bonchev–Trinajstić information content (AvgIpc) is 2.49. The number of aromatic nitrogens is 1. The van der Waals surface area contributed by atoms with Crippen LogP contribution in [0.3, 0.4) is 0 Å². The van der Waals surface area contributed by atoms with Crippen molar-refractivity contribution >= 4 is 18.0 Å². The van der Waals surface area contributed by atoms with Crippen molar-refractivity contribution in [2.45, 2.75) is 32.7 Å². The second-order valence-electron chi connectivity index (χ2n) is 4.28. The Balaban J connectivity index is 2.33. The second-order valence-corrected chi connectivity index (χ2v) is 4.28. The Labute approximate surface area is 119 Å². The molecule has 5 nitrogen and oxygen atoms in total. The summed E-state index contributed by atoms with van der Waals surface area (Å²) in [6.07, 6.45) is 6.15. The monoisotopic (exact) mass is 276 g/mol. The van der Waals surface area contributed by atoms with Gasteiger partial charge < -0.3 is 10.1 Å². The van der Waals surface area contributed by atoms with Gasteiger partial charge in [0.05, 0.1) is 5.69 Å².